The Morgan fingerprint density at radius 2 is 1.12 bits per heavy atom. The Bertz CT molecular complexity index is 511. The van der Waals surface area contributed by atoms with Crippen molar-refractivity contribution < 1.29 is 34.2 Å². The first-order valence-corrected chi connectivity index (χ1v) is 12.9. The van der Waals surface area contributed by atoms with Gasteiger partial charge in [0.1, 0.15) is 0 Å². The lowest BCUT2D eigenvalue weighted by atomic mass is 10.1. The highest BCUT2D eigenvalue weighted by Gasteiger charge is 2.26. The Kier molecular flexibility index (Phi) is 19.5. The van der Waals surface area contributed by atoms with Crippen LogP contribution in [0.5, 0.6) is 0 Å². The number of carboxylic acids is 3. The van der Waals surface area contributed by atoms with Crippen LogP contribution >= 0.6 is 0 Å². The molecule has 0 aliphatic carbocycles. The fourth-order valence-electron chi connectivity index (χ4n) is 4.29. The van der Waals surface area contributed by atoms with E-state index < -0.39 is 17.9 Å². The molecule has 0 aliphatic heterocycles. The van der Waals surface area contributed by atoms with Crippen LogP contribution in [0, 0.1) is 0 Å². The van der Waals surface area contributed by atoms with E-state index in [-0.39, 0.29) is 19.3 Å². The molecule has 192 valence electrons. The van der Waals surface area contributed by atoms with Gasteiger partial charge in [-0.1, -0.05) is 64.4 Å². The molecule has 0 saturated carbocycles. The maximum atomic E-state index is 11.0. The van der Waals surface area contributed by atoms with E-state index in [4.69, 9.17) is 10.2 Å². The van der Waals surface area contributed by atoms with Crippen LogP contribution in [-0.4, -0.2) is 58.8 Å². The van der Waals surface area contributed by atoms with Crippen molar-refractivity contribution in [2.45, 2.75) is 110 Å². The summed E-state index contributed by atoms with van der Waals surface area (Å²) in [5, 5.41) is 28.9. The van der Waals surface area contributed by atoms with E-state index in [9.17, 15) is 19.5 Å². The van der Waals surface area contributed by atoms with Gasteiger partial charge >= 0.3 is 11.9 Å². The quantitative estimate of drug-likeness (QED) is 0.122. The van der Waals surface area contributed by atoms with Crippen molar-refractivity contribution in [1.29, 1.82) is 0 Å². The average molecular weight is 470 g/mol. The number of hydrogen-bond acceptors (Lipinski definition) is 4. The average Bonchev–Trinajstić information content (AvgIpc) is 2.73. The molecule has 0 aliphatic rings. The summed E-state index contributed by atoms with van der Waals surface area (Å²) < 4.78 is 0.530. The number of aliphatic carboxylic acids is 3. The molecule has 0 radical (unpaired) electrons. The van der Waals surface area contributed by atoms with Gasteiger partial charge in [0.05, 0.1) is 39.0 Å². The number of unbranched alkanes of at least 4 members (excludes halogenated alkanes) is 9. The molecule has 7 heteroatoms. The zero-order valence-electron chi connectivity index (χ0n) is 20.8. The summed E-state index contributed by atoms with van der Waals surface area (Å²) in [5.41, 5.74) is 0. The Morgan fingerprint density at radius 3 is 1.58 bits per heavy atom. The van der Waals surface area contributed by atoms with E-state index in [1.807, 2.05) is 0 Å². The number of nitrogens with zero attached hydrogens (tertiary/aromatic N) is 1. The molecule has 0 rings (SSSR count). The van der Waals surface area contributed by atoms with Crippen LogP contribution < -0.4 is 5.11 Å². The number of carboxylic acid groups (broad SMARTS) is 3. The maximum absolute atomic E-state index is 11.0. The van der Waals surface area contributed by atoms with E-state index in [0.29, 0.717) is 49.9 Å². The molecule has 0 amide bonds. The van der Waals surface area contributed by atoms with Crippen molar-refractivity contribution >= 4 is 17.9 Å². The van der Waals surface area contributed by atoms with E-state index in [1.54, 1.807) is 0 Å². The van der Waals surface area contributed by atoms with E-state index in [0.717, 1.165) is 12.8 Å². The molecule has 0 aromatic rings. The number of rotatable bonds is 24. The maximum Gasteiger partial charge on any atom is 0.303 e. The standard InChI is InChI=1S/C26H47NO6/c1-2-3-4-5-6-7-8-9-10-11-12-13-20-27(21-14-17-24(28)29,22-15-18-25(30)31)23-16-19-26(32)33/h12-13H,2-11,14-23H2,1H3,(H2-,28,29,30,31,32,33)/b13-12+. The first-order valence-electron chi connectivity index (χ1n) is 12.9. The second kappa shape index (κ2) is 20.7. The molecule has 0 heterocycles. The van der Waals surface area contributed by atoms with Gasteiger partial charge in [-0.05, 0) is 25.3 Å². The van der Waals surface area contributed by atoms with Gasteiger partial charge < -0.3 is 24.6 Å². The molecule has 0 unspecified atom stereocenters. The lowest BCUT2D eigenvalue weighted by Crippen LogP contribution is -2.50. The van der Waals surface area contributed by atoms with Crippen molar-refractivity contribution in [2.24, 2.45) is 0 Å². The third-order valence-electron chi connectivity index (χ3n) is 6.19. The SMILES string of the molecule is CCCCCCCCCCC/C=C/C[N+](CCCC(=O)[O-])(CCCC(=O)O)CCCC(=O)O. The molecule has 7 nitrogen and oxygen atoms in total. The fraction of sp³-hybridized carbons (Fsp3) is 0.808. The second-order valence-corrected chi connectivity index (χ2v) is 9.25. The molecule has 0 bridgehead atoms. The summed E-state index contributed by atoms with van der Waals surface area (Å²) in [7, 11) is 0. The van der Waals surface area contributed by atoms with Crippen molar-refractivity contribution in [3.05, 3.63) is 12.2 Å². The van der Waals surface area contributed by atoms with Crippen molar-refractivity contribution in [2.75, 3.05) is 26.2 Å². The second-order valence-electron chi connectivity index (χ2n) is 9.25. The highest BCUT2D eigenvalue weighted by molar-refractivity contribution is 5.66. The highest BCUT2D eigenvalue weighted by atomic mass is 16.4. The number of allylic oxidation sites excluding steroid dienone is 1. The van der Waals surface area contributed by atoms with Crippen molar-refractivity contribution in [3.63, 3.8) is 0 Å². The van der Waals surface area contributed by atoms with Gasteiger partial charge in [0.25, 0.3) is 0 Å². The molecular formula is C26H47NO6. The molecule has 0 aromatic heterocycles. The Labute approximate surface area is 200 Å². The van der Waals surface area contributed by atoms with Crippen molar-refractivity contribution in [3.8, 4) is 0 Å². The van der Waals surface area contributed by atoms with E-state index in [2.05, 4.69) is 19.1 Å². The molecule has 33 heavy (non-hydrogen) atoms. The zero-order valence-corrected chi connectivity index (χ0v) is 20.8. The molecule has 0 saturated heterocycles. The summed E-state index contributed by atoms with van der Waals surface area (Å²) in [5.74, 6) is -2.80. The van der Waals surface area contributed by atoms with Crippen LogP contribution in [0.1, 0.15) is 110 Å². The zero-order chi connectivity index (χ0) is 24.8. The fourth-order valence-corrected chi connectivity index (χ4v) is 4.29. The number of carbonyl (C=O) groups excluding carboxylic acids is 1. The molecular weight excluding hydrogens is 422 g/mol. The lowest BCUT2D eigenvalue weighted by molar-refractivity contribution is -0.923. The van der Waals surface area contributed by atoms with Crippen LogP contribution in [0.3, 0.4) is 0 Å². The minimum Gasteiger partial charge on any atom is -0.550 e. The molecule has 0 spiro atoms. The smallest absolute Gasteiger partial charge is 0.303 e. The van der Waals surface area contributed by atoms with Gasteiger partial charge in [-0.25, -0.2) is 0 Å². The number of quaternary nitrogens is 1. The van der Waals surface area contributed by atoms with Gasteiger partial charge in [-0.3, -0.25) is 9.59 Å². The molecule has 2 N–H and O–H groups in total. The first-order chi connectivity index (χ1) is 15.8. The monoisotopic (exact) mass is 469 g/mol. The van der Waals surface area contributed by atoms with Gasteiger partial charge in [-0.2, -0.15) is 0 Å². The Hall–Kier alpha value is -1.89. The summed E-state index contributed by atoms with van der Waals surface area (Å²) >= 11 is 0. The minimum atomic E-state index is -1.09. The third kappa shape index (κ3) is 20.4. The topological polar surface area (TPSA) is 115 Å². The Morgan fingerprint density at radius 1 is 0.667 bits per heavy atom. The predicted octanol–water partition coefficient (Wildman–Crippen LogP) is 4.54. The third-order valence-corrected chi connectivity index (χ3v) is 6.19. The van der Waals surface area contributed by atoms with Gasteiger partial charge in [0.2, 0.25) is 0 Å². The van der Waals surface area contributed by atoms with Crippen LogP contribution in [0.2, 0.25) is 0 Å². The van der Waals surface area contributed by atoms with E-state index in [1.165, 1.54) is 51.4 Å². The van der Waals surface area contributed by atoms with Crippen molar-refractivity contribution in [1.82, 2.24) is 0 Å². The minimum absolute atomic E-state index is 0.0416. The summed E-state index contributed by atoms with van der Waals surface area (Å²) in [6.07, 6.45) is 18.3. The van der Waals surface area contributed by atoms with Crippen LogP contribution in [-0.2, 0) is 14.4 Å². The predicted molar refractivity (Wildman–Crippen MR) is 129 cm³/mol. The van der Waals surface area contributed by atoms with E-state index >= 15 is 0 Å². The summed E-state index contributed by atoms with van der Waals surface area (Å²) in [6, 6.07) is 0. The number of hydrogen-bond donors (Lipinski definition) is 2. The highest BCUT2D eigenvalue weighted by Crippen LogP contribution is 2.16. The Balaban J connectivity index is 4.62. The molecule has 0 fully saturated rings. The van der Waals surface area contributed by atoms with Gasteiger partial charge in [-0.15, -0.1) is 0 Å². The summed E-state index contributed by atoms with van der Waals surface area (Å²) in [4.78, 5) is 32.8. The lowest BCUT2D eigenvalue weighted by Gasteiger charge is -2.38. The first kappa shape index (κ1) is 31.1. The van der Waals surface area contributed by atoms with Crippen LogP contribution in [0.15, 0.2) is 12.2 Å². The van der Waals surface area contributed by atoms with Gasteiger partial charge in [0.15, 0.2) is 0 Å². The largest absolute Gasteiger partial charge is 0.550 e. The number of carbonyl (C=O) groups is 3. The normalized spacial score (nSPS) is 11.8. The van der Waals surface area contributed by atoms with Gasteiger partial charge in [0, 0.05) is 25.2 Å². The van der Waals surface area contributed by atoms with Crippen LogP contribution in [0.4, 0.5) is 0 Å². The molecule has 0 aromatic carbocycles. The molecule has 0 atom stereocenters. The summed E-state index contributed by atoms with van der Waals surface area (Å²) in [6.45, 7) is 4.68. The van der Waals surface area contributed by atoms with Crippen LogP contribution in [0.25, 0.3) is 0 Å².